The highest BCUT2D eigenvalue weighted by Gasteiger charge is 2.34. The van der Waals surface area contributed by atoms with Crippen molar-refractivity contribution in [2.45, 2.75) is 47.1 Å². The molecule has 1 aromatic heterocycles. The number of Topliss-reactive ketones (excluding diaryl/α,β-unsaturated/α-hetero) is 1. The number of allylic oxidation sites excluding steroid dienone is 2. The Morgan fingerprint density at radius 3 is 2.65 bits per heavy atom. The van der Waals surface area contributed by atoms with E-state index in [2.05, 4.69) is 31.8 Å². The van der Waals surface area contributed by atoms with Gasteiger partial charge in [0.1, 0.15) is 17.1 Å². The summed E-state index contributed by atoms with van der Waals surface area (Å²) < 4.78 is 6.05. The summed E-state index contributed by atoms with van der Waals surface area (Å²) in [5.74, 6) is 1.38. The van der Waals surface area contributed by atoms with Crippen LogP contribution in [0.2, 0.25) is 0 Å². The first-order chi connectivity index (χ1) is 12.3. The maximum atomic E-state index is 11.6. The number of aliphatic hydroxyl groups is 1. The molecule has 136 valence electrons. The summed E-state index contributed by atoms with van der Waals surface area (Å²) in [4.78, 5) is 16.0. The minimum atomic E-state index is -0.196. The quantitative estimate of drug-likeness (QED) is 0.768. The van der Waals surface area contributed by atoms with Crippen LogP contribution < -0.4 is 0 Å². The van der Waals surface area contributed by atoms with Crippen LogP contribution in [0.25, 0.3) is 16.5 Å². The van der Waals surface area contributed by atoms with Gasteiger partial charge in [-0.2, -0.15) is 0 Å². The predicted octanol–water partition coefficient (Wildman–Crippen LogP) is 5.20. The monoisotopic (exact) mass is 351 g/mol. The molecule has 1 aromatic carbocycles. The first kappa shape index (κ1) is 18.2. The van der Waals surface area contributed by atoms with Gasteiger partial charge < -0.3 is 9.52 Å². The number of hydrogen-bond acceptors (Lipinski definition) is 4. The van der Waals surface area contributed by atoms with E-state index in [-0.39, 0.29) is 23.2 Å². The Morgan fingerprint density at radius 1 is 1.31 bits per heavy atom. The van der Waals surface area contributed by atoms with Crippen LogP contribution in [0.1, 0.15) is 44.6 Å². The van der Waals surface area contributed by atoms with Gasteiger partial charge >= 0.3 is 0 Å². The Morgan fingerprint density at radius 2 is 2.00 bits per heavy atom. The minimum absolute atomic E-state index is 0.0428. The van der Waals surface area contributed by atoms with E-state index in [1.807, 2.05) is 19.1 Å². The van der Waals surface area contributed by atoms with Crippen LogP contribution in [0.3, 0.4) is 0 Å². The number of aryl methyl sites for hydroxylation is 1. The average molecular weight is 351 g/mol. The molecule has 1 aliphatic carbocycles. The van der Waals surface area contributed by atoms with Crippen molar-refractivity contribution in [2.24, 2.45) is 10.9 Å². The molecule has 0 radical (unpaired) electrons. The van der Waals surface area contributed by atoms with Crippen LogP contribution in [0, 0.1) is 12.8 Å². The number of nitrogens with zero attached hydrogens (tertiary/aromatic N) is 1. The van der Waals surface area contributed by atoms with Crippen LogP contribution in [0.4, 0.5) is 0 Å². The first-order valence-corrected chi connectivity index (χ1v) is 8.99. The van der Waals surface area contributed by atoms with E-state index in [9.17, 15) is 9.90 Å². The zero-order valence-electron chi connectivity index (χ0n) is 16.0. The van der Waals surface area contributed by atoms with Gasteiger partial charge in [0.05, 0.1) is 11.6 Å². The van der Waals surface area contributed by atoms with Gasteiger partial charge in [0.25, 0.3) is 0 Å². The van der Waals surface area contributed by atoms with Crippen LogP contribution in [-0.4, -0.2) is 23.1 Å². The van der Waals surface area contributed by atoms with Gasteiger partial charge in [-0.05, 0) is 31.4 Å². The highest BCUT2D eigenvalue weighted by atomic mass is 16.3. The van der Waals surface area contributed by atoms with Crippen molar-refractivity contribution in [1.29, 1.82) is 0 Å². The molecule has 4 nitrogen and oxygen atoms in total. The molecule has 2 aliphatic rings. The second kappa shape index (κ2) is 6.94. The fourth-order valence-electron chi connectivity index (χ4n) is 3.22. The number of furan rings is 1. The molecule has 2 aromatic rings. The van der Waals surface area contributed by atoms with Gasteiger partial charge in [-0.3, -0.25) is 9.79 Å². The van der Waals surface area contributed by atoms with Gasteiger partial charge in [-0.25, -0.2) is 0 Å². The van der Waals surface area contributed by atoms with Crippen molar-refractivity contribution in [3.8, 4) is 0 Å². The lowest BCUT2D eigenvalue weighted by Gasteiger charge is -2.05. The molecule has 1 aliphatic heterocycles. The number of benzene rings is 1. The van der Waals surface area contributed by atoms with Crippen LogP contribution in [0.15, 0.2) is 45.0 Å². The summed E-state index contributed by atoms with van der Waals surface area (Å²) in [6.07, 6.45) is 3.83. The lowest BCUT2D eigenvalue weighted by molar-refractivity contribution is -0.113. The summed E-state index contributed by atoms with van der Waals surface area (Å²) >= 11 is 0. The molecular weight excluding hydrogens is 326 g/mol. The number of aliphatic imine (C=N–C) groups is 1. The number of hydrogen-bond donors (Lipinski definition) is 1. The Balaban J connectivity index is 0.000000447. The molecule has 0 saturated heterocycles. The van der Waals surface area contributed by atoms with Gasteiger partial charge in [0, 0.05) is 29.2 Å². The van der Waals surface area contributed by atoms with Crippen molar-refractivity contribution in [3.05, 3.63) is 52.5 Å². The molecule has 0 amide bonds. The number of ketones is 1. The zero-order chi connectivity index (χ0) is 19.0. The lowest BCUT2D eigenvalue weighted by atomic mass is 10.1. The molecule has 0 saturated carbocycles. The molecule has 26 heavy (non-hydrogen) atoms. The highest BCUT2D eigenvalue weighted by molar-refractivity contribution is 6.14. The Bertz CT molecular complexity index is 954. The smallest absolute Gasteiger partial charge is 0.165 e. The lowest BCUT2D eigenvalue weighted by Crippen LogP contribution is -2.04. The van der Waals surface area contributed by atoms with Crippen molar-refractivity contribution < 1.29 is 14.3 Å². The normalized spacial score (nSPS) is 18.2. The summed E-state index contributed by atoms with van der Waals surface area (Å²) in [6.45, 7) is 9.94. The SMILES string of the molecule is CC(=O)C1=C(O)C=C2c3oc4c(C)cccc4c3CC2N=C1.CC(C)C. The fraction of sp³-hybridized carbons (Fsp3) is 0.364. The van der Waals surface area contributed by atoms with E-state index >= 15 is 0 Å². The van der Waals surface area contributed by atoms with E-state index in [4.69, 9.17) is 4.42 Å². The van der Waals surface area contributed by atoms with Crippen molar-refractivity contribution in [3.63, 3.8) is 0 Å². The maximum Gasteiger partial charge on any atom is 0.165 e. The van der Waals surface area contributed by atoms with Gasteiger partial charge in [0.2, 0.25) is 0 Å². The number of carbonyl (C=O) groups excluding carboxylic acids is 1. The van der Waals surface area contributed by atoms with Crippen LogP contribution in [0.5, 0.6) is 0 Å². The molecule has 0 fully saturated rings. The van der Waals surface area contributed by atoms with Crippen LogP contribution in [-0.2, 0) is 11.2 Å². The molecule has 4 heteroatoms. The molecule has 0 bridgehead atoms. The van der Waals surface area contributed by atoms with Gasteiger partial charge in [-0.1, -0.05) is 39.0 Å². The third-order valence-electron chi connectivity index (χ3n) is 4.36. The number of para-hydroxylation sites is 1. The van der Waals surface area contributed by atoms with Gasteiger partial charge in [-0.15, -0.1) is 0 Å². The summed E-state index contributed by atoms with van der Waals surface area (Å²) in [5.41, 5.74) is 4.19. The minimum Gasteiger partial charge on any atom is -0.507 e. The van der Waals surface area contributed by atoms with E-state index in [0.29, 0.717) is 0 Å². The fourth-order valence-corrected chi connectivity index (χ4v) is 3.22. The number of rotatable bonds is 1. The molecule has 4 rings (SSSR count). The predicted molar refractivity (Wildman–Crippen MR) is 106 cm³/mol. The molecule has 1 N–H and O–H groups in total. The Kier molecular flexibility index (Phi) is 4.86. The maximum absolute atomic E-state index is 11.6. The summed E-state index contributed by atoms with van der Waals surface area (Å²) in [7, 11) is 0. The Hall–Kier alpha value is -2.62. The van der Waals surface area contributed by atoms with E-state index < -0.39 is 0 Å². The number of aliphatic hydroxyl groups excluding tert-OH is 1. The van der Waals surface area contributed by atoms with Crippen molar-refractivity contribution in [2.75, 3.05) is 0 Å². The van der Waals surface area contributed by atoms with Crippen molar-refractivity contribution in [1.82, 2.24) is 0 Å². The number of carbonyl (C=O) groups is 1. The third-order valence-corrected chi connectivity index (χ3v) is 4.36. The second-order valence-electron chi connectivity index (χ2n) is 7.55. The van der Waals surface area contributed by atoms with E-state index in [0.717, 1.165) is 45.8 Å². The molecule has 2 heterocycles. The van der Waals surface area contributed by atoms with E-state index in [1.54, 1.807) is 6.08 Å². The average Bonchev–Trinajstić information content (AvgIpc) is 3.00. The second-order valence-corrected chi connectivity index (χ2v) is 7.55. The van der Waals surface area contributed by atoms with Crippen LogP contribution >= 0.6 is 0 Å². The zero-order valence-corrected chi connectivity index (χ0v) is 16.0. The molecule has 1 unspecified atom stereocenters. The highest BCUT2D eigenvalue weighted by Crippen LogP contribution is 2.42. The third kappa shape index (κ3) is 3.24. The summed E-state index contributed by atoms with van der Waals surface area (Å²) in [6, 6.07) is 5.99. The molecule has 1 atom stereocenters. The standard InChI is InChI=1S/C18H15NO3.C4H10/c1-9-4-3-5-11-12-6-15-13(18(12)22-17(9)11)7-16(21)14(8-19-15)10(2)20;1-4(2)3/h3-5,7-8,15,21H,6H2,1-2H3;4H,1-3H3. The first-order valence-electron chi connectivity index (χ1n) is 8.99. The Labute approximate surface area is 153 Å². The largest absolute Gasteiger partial charge is 0.507 e. The summed E-state index contributed by atoms with van der Waals surface area (Å²) in [5, 5.41) is 11.3. The molecule has 0 spiro atoms. The van der Waals surface area contributed by atoms with Gasteiger partial charge in [0.15, 0.2) is 5.78 Å². The van der Waals surface area contributed by atoms with Crippen molar-refractivity contribution >= 4 is 28.5 Å². The van der Waals surface area contributed by atoms with E-state index in [1.165, 1.54) is 13.1 Å². The molecular formula is C22H25NO3. The number of fused-ring (bicyclic) bond motifs is 5. The topological polar surface area (TPSA) is 62.8 Å².